The average molecular weight is 502 g/mol. The number of carbonyl (C=O) groups excluding carboxylic acids is 1. The minimum atomic E-state index is -0.297. The number of nitrogens with zero attached hydrogens (tertiary/aromatic N) is 7. The molecule has 1 aliphatic heterocycles. The third-order valence-corrected chi connectivity index (χ3v) is 6.73. The number of halogens is 1. The van der Waals surface area contributed by atoms with Crippen LogP contribution in [0, 0.1) is 19.7 Å². The summed E-state index contributed by atoms with van der Waals surface area (Å²) in [6.07, 6.45) is 1.42. The number of benzene rings is 2. The summed E-state index contributed by atoms with van der Waals surface area (Å²) in [6.45, 7) is 6.77. The smallest absolute Gasteiger partial charge is 0.319 e. The van der Waals surface area contributed by atoms with Gasteiger partial charge in [0.15, 0.2) is 5.65 Å². The predicted octanol–water partition coefficient (Wildman–Crippen LogP) is 4.36. The molecule has 192 valence electrons. The second-order valence-electron chi connectivity index (χ2n) is 9.80. The maximum absolute atomic E-state index is 13.6. The van der Waals surface area contributed by atoms with Gasteiger partial charge >= 0.3 is 6.03 Å². The number of fused-ring (bicyclic) bond motifs is 1. The molecule has 3 heterocycles. The van der Waals surface area contributed by atoms with Crippen LogP contribution >= 0.6 is 0 Å². The molecule has 0 radical (unpaired) electrons. The molecule has 0 atom stereocenters. The Morgan fingerprint density at radius 1 is 0.946 bits per heavy atom. The van der Waals surface area contributed by atoms with Gasteiger partial charge in [-0.1, -0.05) is 29.8 Å². The van der Waals surface area contributed by atoms with Gasteiger partial charge in [-0.25, -0.2) is 23.8 Å². The summed E-state index contributed by atoms with van der Waals surface area (Å²) >= 11 is 0. The van der Waals surface area contributed by atoms with E-state index in [2.05, 4.69) is 36.1 Å². The molecular weight excluding hydrogens is 469 g/mol. The number of hydrogen-bond donors (Lipinski definition) is 0. The lowest BCUT2D eigenvalue weighted by molar-refractivity contribution is 0.174. The minimum Gasteiger partial charge on any atom is -0.354 e. The molecule has 0 unspecified atom stereocenters. The van der Waals surface area contributed by atoms with Crippen LogP contribution in [0.2, 0.25) is 0 Å². The maximum atomic E-state index is 13.6. The van der Waals surface area contributed by atoms with Crippen LogP contribution in [0.1, 0.15) is 29.1 Å². The summed E-state index contributed by atoms with van der Waals surface area (Å²) in [5, 5.41) is 5.67. The van der Waals surface area contributed by atoms with Crippen LogP contribution in [-0.4, -0.2) is 75.9 Å². The van der Waals surface area contributed by atoms with Crippen LogP contribution in [0.5, 0.6) is 0 Å². The molecule has 8 nitrogen and oxygen atoms in total. The molecule has 0 bridgehead atoms. The van der Waals surface area contributed by atoms with Gasteiger partial charge in [-0.2, -0.15) is 5.10 Å². The number of hydrogen-bond acceptors (Lipinski definition) is 5. The molecular formula is C28H32FN7O. The third kappa shape index (κ3) is 5.12. The Kier molecular flexibility index (Phi) is 6.78. The molecule has 37 heavy (non-hydrogen) atoms. The number of aromatic nitrogens is 4. The molecule has 1 fully saturated rings. The maximum Gasteiger partial charge on any atom is 0.319 e. The van der Waals surface area contributed by atoms with Gasteiger partial charge in [-0.05, 0) is 50.1 Å². The Morgan fingerprint density at radius 2 is 1.68 bits per heavy atom. The van der Waals surface area contributed by atoms with E-state index in [0.29, 0.717) is 37.5 Å². The second kappa shape index (κ2) is 10.2. The van der Waals surface area contributed by atoms with E-state index in [1.54, 1.807) is 35.8 Å². The van der Waals surface area contributed by atoms with E-state index in [4.69, 9.17) is 15.1 Å². The van der Waals surface area contributed by atoms with E-state index in [-0.39, 0.29) is 11.8 Å². The fourth-order valence-corrected chi connectivity index (χ4v) is 4.77. The first-order valence-corrected chi connectivity index (χ1v) is 12.6. The monoisotopic (exact) mass is 501 g/mol. The van der Waals surface area contributed by atoms with Gasteiger partial charge in [-0.3, -0.25) is 0 Å². The predicted molar refractivity (Wildman–Crippen MR) is 143 cm³/mol. The highest BCUT2D eigenvalue weighted by molar-refractivity contribution is 5.91. The third-order valence-electron chi connectivity index (χ3n) is 6.73. The van der Waals surface area contributed by atoms with E-state index in [1.807, 2.05) is 11.8 Å². The average Bonchev–Trinajstić information content (AvgIpc) is 3.04. The number of amides is 2. The zero-order chi connectivity index (χ0) is 26.1. The lowest BCUT2D eigenvalue weighted by Gasteiger charge is -2.25. The number of aryl methyl sites for hydroxylation is 2. The first-order chi connectivity index (χ1) is 17.8. The first kappa shape index (κ1) is 24.7. The SMILES string of the molecule is Cc1ccc(Cc2nc(N3CCCN(C(=O)N(C)C)CC3)c3c(C)nn(-c4ccc(F)cc4)c3n2)cc1. The molecule has 2 amide bonds. The first-order valence-electron chi connectivity index (χ1n) is 12.6. The molecule has 0 aliphatic carbocycles. The highest BCUT2D eigenvalue weighted by Crippen LogP contribution is 2.30. The topological polar surface area (TPSA) is 70.4 Å². The zero-order valence-electron chi connectivity index (χ0n) is 21.8. The molecule has 2 aromatic heterocycles. The molecule has 4 aromatic rings. The standard InChI is InChI=1S/C28H32FN7O/c1-19-6-8-21(9-7-19)18-24-30-26(34-14-5-15-35(17-16-34)28(37)33(3)4)25-20(2)32-36(27(25)31-24)23-12-10-22(29)11-13-23/h6-13H,5,14-18H2,1-4H3. The van der Waals surface area contributed by atoms with Gasteiger partial charge in [0.05, 0.1) is 16.8 Å². The summed E-state index contributed by atoms with van der Waals surface area (Å²) < 4.78 is 15.4. The number of anilines is 1. The van der Waals surface area contributed by atoms with E-state index in [9.17, 15) is 9.18 Å². The van der Waals surface area contributed by atoms with Crippen LogP contribution in [0.3, 0.4) is 0 Å². The Bertz CT molecular complexity index is 1410. The van der Waals surface area contributed by atoms with Crippen molar-refractivity contribution < 1.29 is 9.18 Å². The molecule has 9 heteroatoms. The number of urea groups is 1. The Balaban J connectivity index is 1.59. The normalized spacial score (nSPS) is 14.2. The van der Waals surface area contributed by atoms with Crippen molar-refractivity contribution in [3.8, 4) is 5.69 Å². The van der Waals surface area contributed by atoms with Crippen LogP contribution < -0.4 is 4.90 Å². The van der Waals surface area contributed by atoms with Crippen molar-refractivity contribution in [2.24, 2.45) is 0 Å². The molecule has 1 saturated heterocycles. The fourth-order valence-electron chi connectivity index (χ4n) is 4.77. The second-order valence-corrected chi connectivity index (χ2v) is 9.80. The summed E-state index contributed by atoms with van der Waals surface area (Å²) in [5.74, 6) is 1.23. The quantitative estimate of drug-likeness (QED) is 0.416. The van der Waals surface area contributed by atoms with Crippen LogP contribution in [-0.2, 0) is 6.42 Å². The largest absolute Gasteiger partial charge is 0.354 e. The molecule has 0 spiro atoms. The van der Waals surface area contributed by atoms with Crippen molar-refractivity contribution in [1.82, 2.24) is 29.5 Å². The van der Waals surface area contributed by atoms with Gasteiger partial charge in [0.1, 0.15) is 17.5 Å². The summed E-state index contributed by atoms with van der Waals surface area (Å²) in [7, 11) is 3.56. The molecule has 5 rings (SSSR count). The Labute approximate surface area is 216 Å². The highest BCUT2D eigenvalue weighted by Gasteiger charge is 2.25. The van der Waals surface area contributed by atoms with Crippen molar-refractivity contribution >= 4 is 22.9 Å². The van der Waals surface area contributed by atoms with Crippen molar-refractivity contribution in [1.29, 1.82) is 0 Å². The minimum absolute atomic E-state index is 0.0232. The Hall–Kier alpha value is -4.01. The van der Waals surface area contributed by atoms with Crippen molar-refractivity contribution in [2.45, 2.75) is 26.7 Å². The van der Waals surface area contributed by atoms with Crippen LogP contribution in [0.15, 0.2) is 48.5 Å². The van der Waals surface area contributed by atoms with E-state index < -0.39 is 0 Å². The molecule has 0 N–H and O–H groups in total. The van der Waals surface area contributed by atoms with Crippen LogP contribution in [0.25, 0.3) is 16.7 Å². The zero-order valence-corrected chi connectivity index (χ0v) is 21.8. The highest BCUT2D eigenvalue weighted by atomic mass is 19.1. The number of carbonyl (C=O) groups is 1. The molecule has 1 aliphatic rings. The summed E-state index contributed by atoms with van der Waals surface area (Å²) in [5.41, 5.74) is 4.57. The lowest BCUT2D eigenvalue weighted by atomic mass is 10.1. The van der Waals surface area contributed by atoms with Gasteiger partial charge in [0.2, 0.25) is 0 Å². The van der Waals surface area contributed by atoms with Gasteiger partial charge in [0.25, 0.3) is 0 Å². The number of rotatable bonds is 4. The van der Waals surface area contributed by atoms with Crippen LogP contribution in [0.4, 0.5) is 15.0 Å². The summed E-state index contributed by atoms with van der Waals surface area (Å²) in [4.78, 5) is 28.4. The molecule has 0 saturated carbocycles. The fraction of sp³-hybridized carbons (Fsp3) is 0.357. The molecule has 2 aromatic carbocycles. The Morgan fingerprint density at radius 3 is 2.38 bits per heavy atom. The van der Waals surface area contributed by atoms with E-state index in [0.717, 1.165) is 41.1 Å². The van der Waals surface area contributed by atoms with Crippen molar-refractivity contribution in [2.75, 3.05) is 45.2 Å². The summed E-state index contributed by atoms with van der Waals surface area (Å²) in [6, 6.07) is 14.7. The van der Waals surface area contributed by atoms with E-state index >= 15 is 0 Å². The van der Waals surface area contributed by atoms with Gasteiger partial charge in [-0.15, -0.1) is 0 Å². The van der Waals surface area contributed by atoms with Crippen molar-refractivity contribution in [3.05, 3.63) is 77.0 Å². The van der Waals surface area contributed by atoms with Gasteiger partial charge < -0.3 is 14.7 Å². The van der Waals surface area contributed by atoms with Crippen molar-refractivity contribution in [3.63, 3.8) is 0 Å². The van der Waals surface area contributed by atoms with Gasteiger partial charge in [0, 0.05) is 46.7 Å². The van der Waals surface area contributed by atoms with E-state index in [1.165, 1.54) is 17.7 Å². The lowest BCUT2D eigenvalue weighted by Crippen LogP contribution is -2.41.